The van der Waals surface area contributed by atoms with Gasteiger partial charge in [0.05, 0.1) is 0 Å². The molecule has 2 heterocycles. The van der Waals surface area contributed by atoms with Gasteiger partial charge in [-0.05, 0) is 61.3 Å². The number of carbonyl (C=O) groups excluding carboxylic acids is 2. The lowest BCUT2D eigenvalue weighted by Crippen LogP contribution is -2.50. The average molecular weight is 364 g/mol. The molecule has 6 nitrogen and oxygen atoms in total. The van der Waals surface area contributed by atoms with Crippen molar-refractivity contribution in [3.63, 3.8) is 0 Å². The first-order chi connectivity index (χ1) is 12.0. The van der Waals surface area contributed by atoms with Crippen LogP contribution in [0, 0.1) is 5.92 Å². The van der Waals surface area contributed by atoms with E-state index < -0.39 is 17.8 Å². The van der Waals surface area contributed by atoms with E-state index in [1.54, 1.807) is 0 Å². The summed E-state index contributed by atoms with van der Waals surface area (Å²) in [5.74, 6) is -0.0544. The van der Waals surface area contributed by atoms with Crippen LogP contribution in [-0.2, 0) is 17.8 Å². The Hall–Kier alpha value is -1.63. The number of fused-ring (bicyclic) bond motifs is 1. The minimum absolute atomic E-state index is 0.190. The quantitative estimate of drug-likeness (QED) is 0.696. The van der Waals surface area contributed by atoms with Crippen LogP contribution in [0.4, 0.5) is 4.79 Å². The van der Waals surface area contributed by atoms with Crippen LogP contribution in [-0.4, -0.2) is 40.3 Å². The zero-order chi connectivity index (χ0) is 17.6. The first-order valence-corrected chi connectivity index (χ1v) is 9.19. The number of benzene rings is 1. The molecule has 134 valence electrons. The summed E-state index contributed by atoms with van der Waals surface area (Å²) in [6, 6.07) is 5.44. The molecule has 0 aromatic heterocycles. The molecule has 1 saturated carbocycles. The number of aliphatic hydroxyl groups is 1. The smallest absolute Gasteiger partial charge is 0.322 e. The number of urea groups is 1. The van der Waals surface area contributed by atoms with E-state index >= 15 is 0 Å². The predicted octanol–water partition coefficient (Wildman–Crippen LogP) is 1.78. The third kappa shape index (κ3) is 3.14. The van der Waals surface area contributed by atoms with Crippen molar-refractivity contribution in [3.05, 3.63) is 34.3 Å². The Morgan fingerprint density at radius 3 is 2.80 bits per heavy atom. The van der Waals surface area contributed by atoms with Crippen LogP contribution in [0.1, 0.15) is 36.8 Å². The van der Waals surface area contributed by atoms with Crippen molar-refractivity contribution < 1.29 is 14.7 Å². The van der Waals surface area contributed by atoms with Crippen LogP contribution in [0.3, 0.4) is 0 Å². The predicted molar refractivity (Wildman–Crippen MR) is 92.9 cm³/mol. The van der Waals surface area contributed by atoms with Gasteiger partial charge < -0.3 is 10.4 Å². The number of amides is 3. The second-order valence-electron chi connectivity index (χ2n) is 7.31. The van der Waals surface area contributed by atoms with E-state index in [0.717, 1.165) is 30.8 Å². The summed E-state index contributed by atoms with van der Waals surface area (Å²) in [5.41, 5.74) is 1.57. The minimum atomic E-state index is -0.834. The molecule has 1 saturated heterocycles. The van der Waals surface area contributed by atoms with Crippen LogP contribution in [0.25, 0.3) is 0 Å². The van der Waals surface area contributed by atoms with Crippen LogP contribution in [0.15, 0.2) is 18.2 Å². The molecule has 2 aliphatic heterocycles. The molecular formula is C18H22ClN3O3. The third-order valence-corrected chi connectivity index (χ3v) is 5.91. The summed E-state index contributed by atoms with van der Waals surface area (Å²) in [4.78, 5) is 25.9. The maximum absolute atomic E-state index is 12.3. The van der Waals surface area contributed by atoms with Crippen molar-refractivity contribution in [2.45, 2.75) is 50.4 Å². The summed E-state index contributed by atoms with van der Waals surface area (Å²) in [6.07, 6.45) is 3.01. The molecule has 1 aromatic carbocycles. The minimum Gasteiger partial charge on any atom is -0.378 e. The largest absolute Gasteiger partial charge is 0.378 e. The van der Waals surface area contributed by atoms with E-state index in [2.05, 4.69) is 10.6 Å². The van der Waals surface area contributed by atoms with Gasteiger partial charge in [0.2, 0.25) is 0 Å². The van der Waals surface area contributed by atoms with Gasteiger partial charge in [0.15, 0.2) is 0 Å². The Balaban J connectivity index is 1.41. The molecule has 0 bridgehead atoms. The number of hydrogen-bond donors (Lipinski definition) is 3. The third-order valence-electron chi connectivity index (χ3n) is 5.67. The van der Waals surface area contributed by atoms with E-state index in [-0.39, 0.29) is 11.8 Å². The van der Waals surface area contributed by atoms with E-state index in [1.807, 2.05) is 23.1 Å². The molecule has 0 radical (unpaired) electrons. The summed E-state index contributed by atoms with van der Waals surface area (Å²) in [5, 5.41) is 16.5. The molecule has 2 atom stereocenters. The fourth-order valence-corrected chi connectivity index (χ4v) is 4.28. The average Bonchev–Trinajstić information content (AvgIpc) is 3.39. The van der Waals surface area contributed by atoms with Gasteiger partial charge in [0.1, 0.15) is 11.8 Å². The fourth-order valence-electron chi connectivity index (χ4n) is 4.09. The van der Waals surface area contributed by atoms with Gasteiger partial charge in [-0.3, -0.25) is 15.0 Å². The second-order valence-corrected chi connectivity index (χ2v) is 7.74. The van der Waals surface area contributed by atoms with Crippen LogP contribution < -0.4 is 10.6 Å². The highest BCUT2D eigenvalue weighted by Crippen LogP contribution is 2.44. The monoisotopic (exact) mass is 363 g/mol. The van der Waals surface area contributed by atoms with E-state index in [0.29, 0.717) is 19.4 Å². The van der Waals surface area contributed by atoms with Crippen LogP contribution in [0.5, 0.6) is 0 Å². The molecule has 0 spiro atoms. The molecule has 1 aromatic rings. The Morgan fingerprint density at radius 1 is 1.32 bits per heavy atom. The van der Waals surface area contributed by atoms with Gasteiger partial charge in [-0.2, -0.15) is 0 Å². The van der Waals surface area contributed by atoms with Crippen LogP contribution in [0.2, 0.25) is 5.02 Å². The van der Waals surface area contributed by atoms with Gasteiger partial charge in [0.25, 0.3) is 5.91 Å². The highest BCUT2D eigenvalue weighted by atomic mass is 35.5. The molecule has 4 rings (SSSR count). The Bertz CT molecular complexity index is 722. The maximum atomic E-state index is 12.3. The number of imide groups is 1. The molecular weight excluding hydrogens is 342 g/mol. The normalized spacial score (nSPS) is 27.6. The van der Waals surface area contributed by atoms with Crippen molar-refractivity contribution in [3.8, 4) is 0 Å². The first kappa shape index (κ1) is 16.8. The maximum Gasteiger partial charge on any atom is 0.322 e. The van der Waals surface area contributed by atoms with Crippen molar-refractivity contribution in [2.24, 2.45) is 5.92 Å². The topological polar surface area (TPSA) is 81.7 Å². The zero-order valence-corrected chi connectivity index (χ0v) is 14.7. The van der Waals surface area contributed by atoms with Crippen LogP contribution >= 0.6 is 11.6 Å². The molecule has 1 aliphatic carbocycles. The van der Waals surface area contributed by atoms with Crippen molar-refractivity contribution in [1.82, 2.24) is 15.5 Å². The lowest BCUT2D eigenvalue weighted by molar-refractivity contribution is -0.125. The Kier molecular flexibility index (Phi) is 4.22. The summed E-state index contributed by atoms with van der Waals surface area (Å²) in [7, 11) is 0. The van der Waals surface area contributed by atoms with Gasteiger partial charge >= 0.3 is 6.03 Å². The molecule has 2 unspecified atom stereocenters. The van der Waals surface area contributed by atoms with Crippen molar-refractivity contribution >= 4 is 23.5 Å². The summed E-state index contributed by atoms with van der Waals surface area (Å²) < 4.78 is 0. The number of rotatable bonds is 5. The lowest BCUT2D eigenvalue weighted by atomic mass is 9.87. The lowest BCUT2D eigenvalue weighted by Gasteiger charge is -2.34. The molecule has 3 aliphatic rings. The summed E-state index contributed by atoms with van der Waals surface area (Å²) >= 11 is 6.04. The number of nitrogens with zero attached hydrogens (tertiary/aromatic N) is 1. The zero-order valence-electron chi connectivity index (χ0n) is 13.9. The van der Waals surface area contributed by atoms with Crippen molar-refractivity contribution in [2.75, 3.05) is 6.54 Å². The van der Waals surface area contributed by atoms with Gasteiger partial charge in [0, 0.05) is 18.1 Å². The van der Waals surface area contributed by atoms with E-state index in [1.165, 1.54) is 11.1 Å². The first-order valence-electron chi connectivity index (χ1n) is 8.81. The summed E-state index contributed by atoms with van der Waals surface area (Å²) in [6.45, 7) is 1.42. The number of nitrogens with one attached hydrogen (secondary N) is 2. The number of halogens is 1. The standard InChI is InChI=1S/C18H22ClN3O3/c19-14-4-1-12-10-22(8-6-11(12)9-14)15(23)5-7-18(13-2-3-13)16(24)20-17(25)21-18/h1,4,9,13,15,23H,2-3,5-8,10H2,(H2,20,21,24,25). The van der Waals surface area contributed by atoms with E-state index in [9.17, 15) is 14.7 Å². The van der Waals surface area contributed by atoms with Gasteiger partial charge in [-0.1, -0.05) is 17.7 Å². The fraction of sp³-hybridized carbons (Fsp3) is 0.556. The van der Waals surface area contributed by atoms with Crippen molar-refractivity contribution in [1.29, 1.82) is 0 Å². The van der Waals surface area contributed by atoms with E-state index in [4.69, 9.17) is 11.6 Å². The SMILES string of the molecule is O=C1NC(=O)C(CCC(O)N2CCc3cc(Cl)ccc3C2)(C2CC2)N1. The molecule has 25 heavy (non-hydrogen) atoms. The number of hydrogen-bond acceptors (Lipinski definition) is 4. The highest BCUT2D eigenvalue weighted by Gasteiger charge is 2.55. The van der Waals surface area contributed by atoms with Gasteiger partial charge in [-0.15, -0.1) is 0 Å². The molecule has 3 N–H and O–H groups in total. The highest BCUT2D eigenvalue weighted by molar-refractivity contribution is 6.30. The Morgan fingerprint density at radius 2 is 2.12 bits per heavy atom. The van der Waals surface area contributed by atoms with Gasteiger partial charge in [-0.25, -0.2) is 4.79 Å². The molecule has 3 amide bonds. The number of carbonyl (C=O) groups is 2. The Labute approximate surface area is 151 Å². The molecule has 2 fully saturated rings. The number of aliphatic hydroxyl groups excluding tert-OH is 1. The molecule has 7 heteroatoms. The second kappa shape index (κ2) is 6.27.